The maximum absolute atomic E-state index is 6.51. The zero-order chi connectivity index (χ0) is 10.7. The molecule has 2 heteroatoms. The van der Waals surface area contributed by atoms with Crippen molar-refractivity contribution >= 4 is 0 Å². The van der Waals surface area contributed by atoms with Gasteiger partial charge in [-0.3, -0.25) is 4.90 Å². The molecule has 0 aromatic carbocycles. The van der Waals surface area contributed by atoms with E-state index >= 15 is 0 Å². The minimum atomic E-state index is 0.149. The average molecular weight is 210 g/mol. The summed E-state index contributed by atoms with van der Waals surface area (Å²) in [4.78, 5) is 2.66. The largest absolute Gasteiger partial charge is 0.324 e. The average Bonchev–Trinajstić information content (AvgIpc) is 2.65. The number of nitrogens with two attached hydrogens (primary N) is 1. The molecule has 0 amide bonds. The third-order valence-electron chi connectivity index (χ3n) is 4.34. The van der Waals surface area contributed by atoms with Gasteiger partial charge in [0.2, 0.25) is 0 Å². The quantitative estimate of drug-likeness (QED) is 0.775. The molecule has 0 bridgehead atoms. The second kappa shape index (κ2) is 4.84. The monoisotopic (exact) mass is 210 g/mol. The fourth-order valence-corrected chi connectivity index (χ4v) is 3.38. The Morgan fingerprint density at radius 2 is 1.93 bits per heavy atom. The highest BCUT2D eigenvalue weighted by Gasteiger charge is 2.33. The van der Waals surface area contributed by atoms with E-state index in [1.807, 2.05) is 0 Å². The van der Waals surface area contributed by atoms with Gasteiger partial charge in [0, 0.05) is 18.1 Å². The Bertz CT molecular complexity index is 197. The van der Waals surface area contributed by atoms with E-state index in [0.717, 1.165) is 12.6 Å². The first-order valence-electron chi connectivity index (χ1n) is 6.76. The summed E-state index contributed by atoms with van der Waals surface area (Å²) in [6.07, 6.45) is 10.7. The predicted octanol–water partition coefficient (Wildman–Crippen LogP) is 2.52. The van der Waals surface area contributed by atoms with Crippen molar-refractivity contribution in [1.29, 1.82) is 0 Å². The van der Waals surface area contributed by atoms with Crippen LogP contribution in [0.15, 0.2) is 0 Å². The molecule has 0 aromatic rings. The highest BCUT2D eigenvalue weighted by molar-refractivity contribution is 4.93. The molecule has 1 atom stereocenters. The molecule has 1 aliphatic carbocycles. The minimum Gasteiger partial charge on any atom is -0.324 e. The summed E-state index contributed by atoms with van der Waals surface area (Å²) in [6.45, 7) is 4.76. The number of hydrogen-bond donors (Lipinski definition) is 1. The molecule has 2 aliphatic rings. The SMILES string of the molecule is CCC1CCCN1CC1(N)CCCCC1. The Labute approximate surface area is 94.2 Å². The molecule has 1 saturated carbocycles. The lowest BCUT2D eigenvalue weighted by molar-refractivity contribution is 0.159. The van der Waals surface area contributed by atoms with Gasteiger partial charge in [0.15, 0.2) is 0 Å². The van der Waals surface area contributed by atoms with Gasteiger partial charge in [-0.15, -0.1) is 0 Å². The summed E-state index contributed by atoms with van der Waals surface area (Å²) in [5.41, 5.74) is 6.66. The maximum atomic E-state index is 6.51. The fraction of sp³-hybridized carbons (Fsp3) is 1.00. The molecule has 88 valence electrons. The molecular formula is C13H26N2. The Kier molecular flexibility index (Phi) is 3.68. The second-order valence-electron chi connectivity index (χ2n) is 5.60. The highest BCUT2D eigenvalue weighted by atomic mass is 15.2. The topological polar surface area (TPSA) is 29.3 Å². The lowest BCUT2D eigenvalue weighted by Gasteiger charge is -2.38. The molecule has 15 heavy (non-hydrogen) atoms. The van der Waals surface area contributed by atoms with Crippen molar-refractivity contribution in [2.45, 2.75) is 69.9 Å². The molecule has 1 aliphatic heterocycles. The molecule has 2 rings (SSSR count). The number of likely N-dealkylation sites (tertiary alicyclic amines) is 1. The molecule has 2 nitrogen and oxygen atoms in total. The molecule has 1 unspecified atom stereocenters. The highest BCUT2D eigenvalue weighted by Crippen LogP contribution is 2.29. The van der Waals surface area contributed by atoms with Gasteiger partial charge in [-0.1, -0.05) is 26.2 Å². The first kappa shape index (κ1) is 11.4. The van der Waals surface area contributed by atoms with Crippen molar-refractivity contribution in [1.82, 2.24) is 4.90 Å². The van der Waals surface area contributed by atoms with Gasteiger partial charge in [0.05, 0.1) is 0 Å². The third-order valence-corrected chi connectivity index (χ3v) is 4.34. The van der Waals surface area contributed by atoms with Crippen LogP contribution < -0.4 is 5.73 Å². The summed E-state index contributed by atoms with van der Waals surface area (Å²) >= 11 is 0. The lowest BCUT2D eigenvalue weighted by atomic mass is 9.82. The van der Waals surface area contributed by atoms with Gasteiger partial charge < -0.3 is 5.73 Å². The Hall–Kier alpha value is -0.0800. The van der Waals surface area contributed by atoms with E-state index in [4.69, 9.17) is 5.73 Å². The van der Waals surface area contributed by atoms with Crippen LogP contribution in [-0.4, -0.2) is 29.6 Å². The number of nitrogens with zero attached hydrogens (tertiary/aromatic N) is 1. The third kappa shape index (κ3) is 2.73. The van der Waals surface area contributed by atoms with Crippen LogP contribution in [0.25, 0.3) is 0 Å². The van der Waals surface area contributed by atoms with Crippen molar-refractivity contribution < 1.29 is 0 Å². The van der Waals surface area contributed by atoms with Gasteiger partial charge in [0.25, 0.3) is 0 Å². The second-order valence-corrected chi connectivity index (χ2v) is 5.60. The van der Waals surface area contributed by atoms with E-state index in [0.29, 0.717) is 0 Å². The Morgan fingerprint density at radius 1 is 1.20 bits per heavy atom. The summed E-state index contributed by atoms with van der Waals surface area (Å²) in [5, 5.41) is 0. The lowest BCUT2D eigenvalue weighted by Crippen LogP contribution is -2.52. The van der Waals surface area contributed by atoms with Crippen LogP contribution in [0.4, 0.5) is 0 Å². The summed E-state index contributed by atoms with van der Waals surface area (Å²) in [6, 6.07) is 0.826. The van der Waals surface area contributed by atoms with Crippen LogP contribution in [0.1, 0.15) is 58.3 Å². The van der Waals surface area contributed by atoms with Crippen molar-refractivity contribution in [3.05, 3.63) is 0 Å². The first-order chi connectivity index (χ1) is 7.23. The first-order valence-corrected chi connectivity index (χ1v) is 6.76. The van der Waals surface area contributed by atoms with Crippen molar-refractivity contribution in [3.63, 3.8) is 0 Å². The van der Waals surface area contributed by atoms with Crippen LogP contribution in [0.5, 0.6) is 0 Å². The molecule has 1 saturated heterocycles. The van der Waals surface area contributed by atoms with Crippen LogP contribution in [0.3, 0.4) is 0 Å². The van der Waals surface area contributed by atoms with Gasteiger partial charge in [-0.05, 0) is 38.6 Å². The minimum absolute atomic E-state index is 0.149. The Morgan fingerprint density at radius 3 is 2.60 bits per heavy atom. The maximum Gasteiger partial charge on any atom is 0.0283 e. The van der Waals surface area contributed by atoms with E-state index in [-0.39, 0.29) is 5.54 Å². The van der Waals surface area contributed by atoms with Gasteiger partial charge in [-0.2, -0.15) is 0 Å². The molecule has 2 N–H and O–H groups in total. The molecule has 0 aromatic heterocycles. The van der Waals surface area contributed by atoms with Crippen LogP contribution in [0, 0.1) is 0 Å². The van der Waals surface area contributed by atoms with Crippen LogP contribution >= 0.6 is 0 Å². The summed E-state index contributed by atoms with van der Waals surface area (Å²) in [5.74, 6) is 0. The van der Waals surface area contributed by atoms with Crippen molar-refractivity contribution in [2.75, 3.05) is 13.1 Å². The molecule has 0 spiro atoms. The van der Waals surface area contributed by atoms with E-state index in [2.05, 4.69) is 11.8 Å². The normalized spacial score (nSPS) is 32.0. The number of hydrogen-bond acceptors (Lipinski definition) is 2. The molecular weight excluding hydrogens is 184 g/mol. The van der Waals surface area contributed by atoms with Crippen molar-refractivity contribution in [3.8, 4) is 0 Å². The molecule has 2 fully saturated rings. The standard InChI is InChI=1S/C13H26N2/c1-2-12-7-6-10-15(12)11-13(14)8-4-3-5-9-13/h12H,2-11,14H2,1H3. The Balaban J connectivity index is 1.88. The summed E-state index contributed by atoms with van der Waals surface area (Å²) < 4.78 is 0. The molecule has 0 radical (unpaired) electrons. The van der Waals surface area contributed by atoms with Crippen LogP contribution in [-0.2, 0) is 0 Å². The van der Waals surface area contributed by atoms with Gasteiger partial charge in [0.1, 0.15) is 0 Å². The predicted molar refractivity (Wildman–Crippen MR) is 64.9 cm³/mol. The van der Waals surface area contributed by atoms with E-state index in [1.54, 1.807) is 0 Å². The summed E-state index contributed by atoms with van der Waals surface area (Å²) in [7, 11) is 0. The van der Waals surface area contributed by atoms with Gasteiger partial charge in [-0.25, -0.2) is 0 Å². The number of rotatable bonds is 3. The fourth-order valence-electron chi connectivity index (χ4n) is 3.38. The van der Waals surface area contributed by atoms with Gasteiger partial charge >= 0.3 is 0 Å². The van der Waals surface area contributed by atoms with Crippen LogP contribution in [0.2, 0.25) is 0 Å². The van der Waals surface area contributed by atoms with E-state index in [1.165, 1.54) is 57.9 Å². The van der Waals surface area contributed by atoms with E-state index < -0.39 is 0 Å². The zero-order valence-electron chi connectivity index (χ0n) is 10.2. The van der Waals surface area contributed by atoms with Crippen molar-refractivity contribution in [2.24, 2.45) is 5.73 Å². The smallest absolute Gasteiger partial charge is 0.0283 e. The van der Waals surface area contributed by atoms with E-state index in [9.17, 15) is 0 Å². The zero-order valence-corrected chi connectivity index (χ0v) is 10.2. The molecule has 1 heterocycles.